The zero-order valence-corrected chi connectivity index (χ0v) is 21.4. The molecule has 0 radical (unpaired) electrons. The van der Waals surface area contributed by atoms with Crippen molar-refractivity contribution in [3.8, 4) is 11.3 Å². The summed E-state index contributed by atoms with van der Waals surface area (Å²) >= 11 is 0. The zero-order valence-electron chi connectivity index (χ0n) is 21.4. The predicted molar refractivity (Wildman–Crippen MR) is 127 cm³/mol. The molecule has 2 heterocycles. The van der Waals surface area contributed by atoms with Crippen molar-refractivity contribution in [3.63, 3.8) is 0 Å². The molecule has 2 amide bonds. The number of carbonyl (C=O) groups is 2. The van der Waals surface area contributed by atoms with E-state index in [2.05, 4.69) is 16.0 Å². The Kier molecular flexibility index (Phi) is 6.25. The fourth-order valence-electron chi connectivity index (χ4n) is 4.27. The van der Waals surface area contributed by atoms with Crippen molar-refractivity contribution in [2.75, 3.05) is 6.54 Å². The largest absolute Gasteiger partial charge is 0.443 e. The Balaban J connectivity index is 1.44. The number of carbonyl (C=O) groups excluding carboxylic acids is 2. The lowest BCUT2D eigenvalue weighted by Crippen LogP contribution is -2.47. The molecule has 2 aromatic heterocycles. The average Bonchev–Trinajstić information content (AvgIpc) is 3.27. The average molecular weight is 472 g/mol. The molecule has 2 aliphatic carbocycles. The third-order valence-electron chi connectivity index (χ3n) is 6.07. The summed E-state index contributed by atoms with van der Waals surface area (Å²) in [5.41, 5.74) is 1.97. The van der Waals surface area contributed by atoms with Crippen molar-refractivity contribution in [1.82, 2.24) is 24.5 Å². The minimum Gasteiger partial charge on any atom is -0.443 e. The lowest BCUT2D eigenvalue weighted by molar-refractivity contribution is -0.00641. The first-order chi connectivity index (χ1) is 15.8. The predicted octanol–water partition coefficient (Wildman–Crippen LogP) is 5.28. The van der Waals surface area contributed by atoms with Crippen molar-refractivity contribution in [3.05, 3.63) is 24.2 Å². The number of nitrogens with zero attached hydrogens (tertiary/aromatic N) is 5. The van der Waals surface area contributed by atoms with Crippen LogP contribution in [0, 0.1) is 5.92 Å². The molecule has 2 fully saturated rings. The van der Waals surface area contributed by atoms with Crippen LogP contribution in [-0.4, -0.2) is 54.4 Å². The van der Waals surface area contributed by atoms with Crippen LogP contribution in [-0.2, 0) is 16.5 Å². The van der Waals surface area contributed by atoms with Gasteiger partial charge < -0.3 is 9.47 Å². The number of hydrogen-bond donors (Lipinski definition) is 0. The SMILES string of the molecule is Cn1nccc1-c1cn(C2CC(CN(C(=O)OC(C)(C)C)C(=O)OC(C)(C)C)C2)nc1C1CC1. The maximum Gasteiger partial charge on any atom is 0.419 e. The molecule has 0 bridgehead atoms. The summed E-state index contributed by atoms with van der Waals surface area (Å²) in [5.74, 6) is 0.690. The van der Waals surface area contributed by atoms with E-state index in [1.807, 2.05) is 24.0 Å². The Labute approximate surface area is 201 Å². The molecule has 0 atom stereocenters. The van der Waals surface area contributed by atoms with Crippen LogP contribution in [0.5, 0.6) is 0 Å². The number of ether oxygens (including phenoxy) is 2. The molecule has 4 rings (SSSR count). The number of rotatable bonds is 5. The van der Waals surface area contributed by atoms with Crippen LogP contribution < -0.4 is 0 Å². The van der Waals surface area contributed by atoms with E-state index in [-0.39, 0.29) is 18.5 Å². The maximum atomic E-state index is 12.8. The Hall–Kier alpha value is -2.84. The third kappa shape index (κ3) is 5.62. The molecule has 0 spiro atoms. The van der Waals surface area contributed by atoms with Crippen LogP contribution >= 0.6 is 0 Å². The zero-order chi connectivity index (χ0) is 24.8. The Morgan fingerprint density at radius 1 is 1.06 bits per heavy atom. The highest BCUT2D eigenvalue weighted by molar-refractivity contribution is 5.88. The minimum absolute atomic E-state index is 0.166. The normalized spacial score (nSPS) is 20.6. The van der Waals surface area contributed by atoms with Crippen molar-refractivity contribution in [2.24, 2.45) is 13.0 Å². The first-order valence-electron chi connectivity index (χ1n) is 12.1. The molecule has 0 aliphatic heterocycles. The van der Waals surface area contributed by atoms with Crippen LogP contribution in [0.25, 0.3) is 11.3 Å². The van der Waals surface area contributed by atoms with E-state index in [0.29, 0.717) is 5.92 Å². The van der Waals surface area contributed by atoms with Crippen LogP contribution in [0.3, 0.4) is 0 Å². The lowest BCUT2D eigenvalue weighted by Gasteiger charge is -2.38. The molecular weight excluding hydrogens is 434 g/mol. The van der Waals surface area contributed by atoms with Gasteiger partial charge in [-0.3, -0.25) is 9.36 Å². The van der Waals surface area contributed by atoms with Gasteiger partial charge in [-0.25, -0.2) is 14.5 Å². The summed E-state index contributed by atoms with van der Waals surface area (Å²) in [7, 11) is 1.95. The highest BCUT2D eigenvalue weighted by Gasteiger charge is 2.39. The molecule has 9 heteroatoms. The molecule has 2 aliphatic rings. The van der Waals surface area contributed by atoms with Gasteiger partial charge in [0.2, 0.25) is 0 Å². The van der Waals surface area contributed by atoms with Gasteiger partial charge in [0.15, 0.2) is 0 Å². The molecule has 0 unspecified atom stereocenters. The molecule has 186 valence electrons. The maximum absolute atomic E-state index is 12.8. The van der Waals surface area contributed by atoms with E-state index in [0.717, 1.165) is 34.7 Å². The summed E-state index contributed by atoms with van der Waals surface area (Å²) in [6, 6.07) is 2.26. The van der Waals surface area contributed by atoms with Gasteiger partial charge in [-0.05, 0) is 79.2 Å². The Morgan fingerprint density at radius 2 is 1.65 bits per heavy atom. The van der Waals surface area contributed by atoms with Crippen molar-refractivity contribution in [2.45, 2.75) is 90.4 Å². The summed E-state index contributed by atoms with van der Waals surface area (Å²) in [6.07, 6.45) is 6.62. The van der Waals surface area contributed by atoms with Gasteiger partial charge >= 0.3 is 12.2 Å². The van der Waals surface area contributed by atoms with Crippen LogP contribution in [0.4, 0.5) is 9.59 Å². The van der Waals surface area contributed by atoms with Gasteiger partial charge in [0.05, 0.1) is 17.4 Å². The lowest BCUT2D eigenvalue weighted by atomic mass is 9.80. The van der Waals surface area contributed by atoms with E-state index in [1.54, 1.807) is 41.5 Å². The first-order valence-corrected chi connectivity index (χ1v) is 12.1. The molecule has 0 saturated heterocycles. The summed E-state index contributed by atoms with van der Waals surface area (Å²) in [4.78, 5) is 26.7. The molecule has 2 aromatic rings. The van der Waals surface area contributed by atoms with Gasteiger partial charge in [-0.15, -0.1) is 0 Å². The third-order valence-corrected chi connectivity index (χ3v) is 6.07. The van der Waals surface area contributed by atoms with Gasteiger partial charge in [-0.1, -0.05) is 0 Å². The second kappa shape index (κ2) is 8.74. The minimum atomic E-state index is -0.698. The van der Waals surface area contributed by atoms with Crippen molar-refractivity contribution in [1.29, 1.82) is 0 Å². The number of aromatic nitrogens is 4. The molecule has 0 N–H and O–H groups in total. The van der Waals surface area contributed by atoms with E-state index < -0.39 is 23.4 Å². The highest BCUT2D eigenvalue weighted by atomic mass is 16.6. The second-order valence-corrected chi connectivity index (χ2v) is 11.6. The first kappa shape index (κ1) is 24.3. The monoisotopic (exact) mass is 471 g/mol. The van der Waals surface area contributed by atoms with Crippen LogP contribution in [0.15, 0.2) is 18.5 Å². The van der Waals surface area contributed by atoms with Crippen molar-refractivity contribution < 1.29 is 19.1 Å². The van der Waals surface area contributed by atoms with Crippen LogP contribution in [0.1, 0.15) is 84.9 Å². The molecule has 0 aromatic carbocycles. The van der Waals surface area contributed by atoms with Gasteiger partial charge in [0, 0.05) is 37.5 Å². The summed E-state index contributed by atoms with van der Waals surface area (Å²) in [6.45, 7) is 11.0. The molecule has 9 nitrogen and oxygen atoms in total. The van der Waals surface area contributed by atoms with E-state index in [4.69, 9.17) is 14.6 Å². The Morgan fingerprint density at radius 3 is 2.12 bits per heavy atom. The Bertz CT molecular complexity index is 1020. The molecule has 34 heavy (non-hydrogen) atoms. The molecular formula is C25H37N5O4. The van der Waals surface area contributed by atoms with Gasteiger partial charge in [0.25, 0.3) is 0 Å². The van der Waals surface area contributed by atoms with Gasteiger partial charge in [0.1, 0.15) is 11.2 Å². The standard InChI is InChI=1S/C25H37N5O4/c1-24(2,3)33-22(31)29(23(32)34-25(4,5)6)14-16-12-18(13-16)30-15-19(20-10-11-26-28(20)7)21(27-30)17-8-9-17/h10-11,15-18H,8-9,12-14H2,1-7H3. The summed E-state index contributed by atoms with van der Waals surface area (Å²) < 4.78 is 14.9. The number of hydrogen-bond acceptors (Lipinski definition) is 6. The highest BCUT2D eigenvalue weighted by Crippen LogP contribution is 2.45. The number of amides is 2. The van der Waals surface area contributed by atoms with Crippen molar-refractivity contribution >= 4 is 12.2 Å². The quantitative estimate of drug-likeness (QED) is 0.589. The smallest absolute Gasteiger partial charge is 0.419 e. The van der Waals surface area contributed by atoms with E-state index in [1.165, 1.54) is 12.8 Å². The van der Waals surface area contributed by atoms with E-state index in [9.17, 15) is 9.59 Å². The van der Waals surface area contributed by atoms with E-state index >= 15 is 0 Å². The second-order valence-electron chi connectivity index (χ2n) is 11.6. The summed E-state index contributed by atoms with van der Waals surface area (Å²) in [5, 5.41) is 9.27. The topological polar surface area (TPSA) is 91.5 Å². The molecule has 2 saturated carbocycles. The number of aryl methyl sites for hydroxylation is 1. The fraction of sp³-hybridized carbons (Fsp3) is 0.680. The van der Waals surface area contributed by atoms with Gasteiger partial charge in [-0.2, -0.15) is 10.2 Å². The number of imide groups is 1. The van der Waals surface area contributed by atoms with Crippen LogP contribution in [0.2, 0.25) is 0 Å². The fourth-order valence-corrected chi connectivity index (χ4v) is 4.27.